The van der Waals surface area contributed by atoms with Gasteiger partial charge in [-0.05, 0) is 25.5 Å². The molecule has 9 heteroatoms. The fourth-order valence-electron chi connectivity index (χ4n) is 2.92. The second-order valence-corrected chi connectivity index (χ2v) is 10.9. The highest BCUT2D eigenvalue weighted by Crippen LogP contribution is 2.20. The highest BCUT2D eigenvalue weighted by Gasteiger charge is 2.36. The van der Waals surface area contributed by atoms with E-state index in [9.17, 15) is 21.6 Å². The number of hydrogen-bond donors (Lipinski definition) is 0. The van der Waals surface area contributed by atoms with Crippen LogP contribution in [-0.2, 0) is 24.5 Å². The number of carbonyl (C=O) groups is 1. The average molecular weight is 389 g/mol. The second-order valence-electron chi connectivity index (χ2n) is 6.52. The standard InChI is InChI=1S/C16H24N2O5S2/c1-13-4-6-15(7-5-13)25(22,23)11-9-16(19)18(17(2)3)14-8-10-24(20,21)12-14/h4-7,14H,8-12H2,1-3H3/t14-/m1/s1. The Morgan fingerprint density at radius 1 is 1.20 bits per heavy atom. The van der Waals surface area contributed by atoms with Crippen molar-refractivity contribution in [2.45, 2.75) is 30.7 Å². The molecule has 0 bridgehead atoms. The van der Waals surface area contributed by atoms with E-state index in [1.807, 2.05) is 6.92 Å². The molecule has 1 fully saturated rings. The quantitative estimate of drug-likeness (QED) is 0.665. The maximum absolute atomic E-state index is 12.5. The van der Waals surface area contributed by atoms with Gasteiger partial charge in [0.05, 0.1) is 28.2 Å². The monoisotopic (exact) mass is 388 g/mol. The molecule has 1 saturated heterocycles. The van der Waals surface area contributed by atoms with Crippen LogP contribution in [-0.4, -0.2) is 70.2 Å². The minimum atomic E-state index is -3.56. The summed E-state index contributed by atoms with van der Waals surface area (Å²) in [7, 11) is -3.40. The number of rotatable bonds is 6. The molecule has 0 spiro atoms. The highest BCUT2D eigenvalue weighted by atomic mass is 32.2. The van der Waals surface area contributed by atoms with Crippen LogP contribution in [0.25, 0.3) is 0 Å². The summed E-state index contributed by atoms with van der Waals surface area (Å²) < 4.78 is 48.1. The minimum absolute atomic E-state index is 0.0525. The molecule has 1 heterocycles. The molecule has 1 amide bonds. The number of hydrogen-bond acceptors (Lipinski definition) is 6. The topological polar surface area (TPSA) is 91.8 Å². The first-order valence-electron chi connectivity index (χ1n) is 8.01. The Balaban J connectivity index is 2.07. The van der Waals surface area contributed by atoms with E-state index in [4.69, 9.17) is 0 Å². The zero-order valence-corrected chi connectivity index (χ0v) is 16.3. The Hall–Kier alpha value is -1.45. The van der Waals surface area contributed by atoms with Crippen molar-refractivity contribution in [3.8, 4) is 0 Å². The van der Waals surface area contributed by atoms with Crippen molar-refractivity contribution in [3.05, 3.63) is 29.8 Å². The van der Waals surface area contributed by atoms with Gasteiger partial charge in [0, 0.05) is 20.5 Å². The lowest BCUT2D eigenvalue weighted by atomic mass is 10.2. The Kier molecular flexibility index (Phi) is 5.90. The molecule has 1 aromatic carbocycles. The fraction of sp³-hybridized carbons (Fsp3) is 0.562. The smallest absolute Gasteiger partial charge is 0.238 e. The van der Waals surface area contributed by atoms with E-state index in [1.165, 1.54) is 22.2 Å². The van der Waals surface area contributed by atoms with Crippen molar-refractivity contribution < 1.29 is 21.6 Å². The molecule has 140 valence electrons. The van der Waals surface area contributed by atoms with Gasteiger partial charge in [-0.15, -0.1) is 0 Å². The summed E-state index contributed by atoms with van der Waals surface area (Å²) in [5.41, 5.74) is 0.955. The van der Waals surface area contributed by atoms with E-state index in [1.54, 1.807) is 26.2 Å². The van der Waals surface area contributed by atoms with Crippen molar-refractivity contribution in [2.75, 3.05) is 31.4 Å². The average Bonchev–Trinajstić information content (AvgIpc) is 2.85. The number of carbonyl (C=O) groups excluding carboxylic acids is 1. The maximum atomic E-state index is 12.5. The number of nitrogens with zero attached hydrogens (tertiary/aromatic N) is 2. The first-order valence-corrected chi connectivity index (χ1v) is 11.5. The Morgan fingerprint density at radius 2 is 1.80 bits per heavy atom. The second kappa shape index (κ2) is 7.43. The van der Waals surface area contributed by atoms with Crippen molar-refractivity contribution in [1.29, 1.82) is 0 Å². The van der Waals surface area contributed by atoms with E-state index in [0.717, 1.165) is 5.56 Å². The summed E-state index contributed by atoms with van der Waals surface area (Å²) in [5, 5.41) is 2.90. The van der Waals surface area contributed by atoms with Gasteiger partial charge in [0.2, 0.25) is 5.91 Å². The summed E-state index contributed by atoms with van der Waals surface area (Å²) >= 11 is 0. The van der Waals surface area contributed by atoms with Crippen LogP contribution in [0.3, 0.4) is 0 Å². The largest absolute Gasteiger partial charge is 0.273 e. The van der Waals surface area contributed by atoms with E-state index in [0.29, 0.717) is 6.42 Å². The number of sulfone groups is 2. The van der Waals surface area contributed by atoms with Crippen LogP contribution in [0.1, 0.15) is 18.4 Å². The van der Waals surface area contributed by atoms with E-state index in [2.05, 4.69) is 0 Å². The molecule has 25 heavy (non-hydrogen) atoms. The normalized spacial score (nSPS) is 19.9. The van der Waals surface area contributed by atoms with E-state index in [-0.39, 0.29) is 34.5 Å². The Morgan fingerprint density at radius 3 is 2.28 bits per heavy atom. The number of hydrazine groups is 1. The SMILES string of the molecule is Cc1ccc(S(=O)(=O)CCC(=O)N([C@@H]2CCS(=O)(=O)C2)N(C)C)cc1. The van der Waals surface area contributed by atoms with Crippen LogP contribution in [0.15, 0.2) is 29.2 Å². The zero-order chi connectivity index (χ0) is 18.8. The van der Waals surface area contributed by atoms with Crippen molar-refractivity contribution in [1.82, 2.24) is 10.0 Å². The lowest BCUT2D eigenvalue weighted by Crippen LogP contribution is -2.49. The van der Waals surface area contributed by atoms with Crippen molar-refractivity contribution in [3.63, 3.8) is 0 Å². The van der Waals surface area contributed by atoms with Gasteiger partial charge in [0.25, 0.3) is 0 Å². The van der Waals surface area contributed by atoms with Crippen LogP contribution in [0.2, 0.25) is 0 Å². The van der Waals surface area contributed by atoms with Gasteiger partial charge in [-0.1, -0.05) is 17.7 Å². The molecule has 2 rings (SSSR count). The maximum Gasteiger partial charge on any atom is 0.238 e. The molecule has 0 N–H and O–H groups in total. The first kappa shape index (κ1) is 19.9. The third kappa shape index (κ3) is 5.02. The van der Waals surface area contributed by atoms with Gasteiger partial charge < -0.3 is 0 Å². The van der Waals surface area contributed by atoms with Gasteiger partial charge in [0.1, 0.15) is 0 Å². The van der Waals surface area contributed by atoms with Crippen LogP contribution in [0.4, 0.5) is 0 Å². The molecule has 1 aliphatic rings. The van der Waals surface area contributed by atoms with Gasteiger partial charge in [-0.2, -0.15) is 0 Å². The molecule has 1 atom stereocenters. The summed E-state index contributed by atoms with van der Waals surface area (Å²) in [5.74, 6) is -0.722. The summed E-state index contributed by atoms with van der Waals surface area (Å²) in [6.07, 6.45) is 0.182. The molecule has 0 unspecified atom stereocenters. The van der Waals surface area contributed by atoms with Gasteiger partial charge in [-0.25, -0.2) is 21.8 Å². The van der Waals surface area contributed by atoms with Gasteiger partial charge in [0.15, 0.2) is 19.7 Å². The lowest BCUT2D eigenvalue weighted by molar-refractivity contribution is -0.148. The zero-order valence-electron chi connectivity index (χ0n) is 14.7. The molecule has 1 aliphatic heterocycles. The highest BCUT2D eigenvalue weighted by molar-refractivity contribution is 7.91. The molecular weight excluding hydrogens is 364 g/mol. The first-order chi connectivity index (χ1) is 11.5. The third-order valence-corrected chi connectivity index (χ3v) is 7.69. The van der Waals surface area contributed by atoms with Crippen LogP contribution < -0.4 is 0 Å². The van der Waals surface area contributed by atoms with E-state index >= 15 is 0 Å². The minimum Gasteiger partial charge on any atom is -0.273 e. The predicted molar refractivity (Wildman–Crippen MR) is 95.4 cm³/mol. The fourth-order valence-corrected chi connectivity index (χ4v) is 5.84. The number of benzene rings is 1. The molecule has 0 aromatic heterocycles. The molecule has 1 aromatic rings. The third-order valence-electron chi connectivity index (χ3n) is 4.21. The Bertz CT molecular complexity index is 830. The van der Waals surface area contributed by atoms with Crippen molar-refractivity contribution in [2.24, 2.45) is 0 Å². The molecule has 7 nitrogen and oxygen atoms in total. The van der Waals surface area contributed by atoms with Crippen LogP contribution in [0, 0.1) is 6.92 Å². The van der Waals surface area contributed by atoms with Crippen molar-refractivity contribution >= 4 is 25.6 Å². The molecule has 0 radical (unpaired) electrons. The van der Waals surface area contributed by atoms with E-state index < -0.39 is 25.7 Å². The number of amides is 1. The van der Waals surface area contributed by atoms with Crippen LogP contribution in [0.5, 0.6) is 0 Å². The lowest BCUT2D eigenvalue weighted by Gasteiger charge is -2.33. The van der Waals surface area contributed by atoms with Gasteiger partial charge in [-0.3, -0.25) is 9.80 Å². The molecule has 0 aliphatic carbocycles. The Labute approximate surface area is 149 Å². The molecule has 0 saturated carbocycles. The molecular formula is C16H24N2O5S2. The van der Waals surface area contributed by atoms with Gasteiger partial charge >= 0.3 is 0 Å². The summed E-state index contributed by atoms with van der Waals surface area (Å²) in [4.78, 5) is 12.7. The van der Waals surface area contributed by atoms with Crippen LogP contribution >= 0.6 is 0 Å². The summed E-state index contributed by atoms with van der Waals surface area (Å²) in [6, 6.07) is 6.05. The summed E-state index contributed by atoms with van der Waals surface area (Å²) in [6.45, 7) is 1.87. The number of aryl methyl sites for hydroxylation is 1. The predicted octanol–water partition coefficient (Wildman–Crippen LogP) is 0.651.